The van der Waals surface area contributed by atoms with Gasteiger partial charge in [-0.2, -0.15) is 15.4 Å². The Bertz CT molecular complexity index is 725. The molecule has 2 N–H and O–H groups in total. The molecule has 0 atom stereocenters. The summed E-state index contributed by atoms with van der Waals surface area (Å²) in [5.41, 5.74) is 2.59. The van der Waals surface area contributed by atoms with Crippen molar-refractivity contribution < 1.29 is 32.3 Å². The number of H-pyrrole nitrogens is 1. The van der Waals surface area contributed by atoms with Crippen LogP contribution in [0, 0.1) is 0 Å². The molecule has 5 nitrogen and oxygen atoms in total. The summed E-state index contributed by atoms with van der Waals surface area (Å²) >= 11 is 0. The second-order valence-corrected chi connectivity index (χ2v) is 3.85. The zero-order valence-electron chi connectivity index (χ0n) is 9.59. The smallest absolute Gasteiger partial charge is 0.338 e. The average Bonchev–Trinajstić information content (AvgIpc) is 2.86. The van der Waals surface area contributed by atoms with Crippen molar-refractivity contribution in [1.29, 1.82) is 0 Å². The van der Waals surface area contributed by atoms with Gasteiger partial charge in [-0.3, -0.25) is 0 Å². The Kier molecular flexibility index (Phi) is 3.80. The summed E-state index contributed by atoms with van der Waals surface area (Å²) in [7, 11) is 0. The van der Waals surface area contributed by atoms with Crippen LogP contribution >= 0.6 is 0 Å². The summed E-state index contributed by atoms with van der Waals surface area (Å²) in [6.45, 7) is 0. The third-order valence-electron chi connectivity index (χ3n) is 2.79. The van der Waals surface area contributed by atoms with Crippen molar-refractivity contribution in [3.63, 3.8) is 0 Å². The molecule has 1 heterocycles. The monoisotopic (exact) mass is 346 g/mol. The molecule has 2 aromatic carbocycles. The van der Waals surface area contributed by atoms with Gasteiger partial charge in [-0.15, -0.1) is 0 Å². The van der Waals surface area contributed by atoms with E-state index in [1.54, 1.807) is 12.1 Å². The molecule has 0 saturated carbocycles. The van der Waals surface area contributed by atoms with E-state index in [4.69, 9.17) is 0 Å². The predicted molar refractivity (Wildman–Crippen MR) is 66.3 cm³/mol. The Balaban J connectivity index is 0.00000133. The molecule has 0 aliphatic rings. The number of carboxylic acids is 1. The first-order chi connectivity index (χ1) is 8.77. The van der Waals surface area contributed by atoms with Gasteiger partial charge in [0, 0.05) is 22.4 Å². The third-order valence-corrected chi connectivity index (χ3v) is 2.79. The first-order valence-corrected chi connectivity index (χ1v) is 5.39. The number of carbonyl (C=O) groups is 1. The first-order valence-electron chi connectivity index (χ1n) is 5.39. The van der Waals surface area contributed by atoms with E-state index in [0.29, 0.717) is 16.6 Å². The first kappa shape index (κ1) is 13.5. The maximum absolute atomic E-state index is 11.4. The van der Waals surface area contributed by atoms with Crippen molar-refractivity contribution in [1.82, 2.24) is 15.4 Å². The van der Waals surface area contributed by atoms with Crippen molar-refractivity contribution >= 4 is 17.0 Å². The summed E-state index contributed by atoms with van der Waals surface area (Å²) in [6, 6.07) is 12.9. The minimum absolute atomic E-state index is 0. The van der Waals surface area contributed by atoms with Gasteiger partial charge < -0.3 is 5.11 Å². The predicted octanol–water partition coefficient (Wildman–Crippen LogP) is 2.32. The number of fused-ring (bicyclic) bond motifs is 1. The van der Waals surface area contributed by atoms with Crippen molar-refractivity contribution in [2.75, 3.05) is 0 Å². The summed E-state index contributed by atoms with van der Waals surface area (Å²) in [5.74, 6) is -1.01. The summed E-state index contributed by atoms with van der Waals surface area (Å²) in [4.78, 5) is 11.4. The van der Waals surface area contributed by atoms with Gasteiger partial charge in [0.1, 0.15) is 11.0 Å². The molecule has 0 saturated heterocycles. The van der Waals surface area contributed by atoms with Gasteiger partial charge >= 0.3 is 5.97 Å². The number of aromatic amines is 1. The van der Waals surface area contributed by atoms with Crippen LogP contribution in [0.5, 0.6) is 0 Å². The number of carboxylic acid groups (broad SMARTS) is 1. The molecule has 3 rings (SSSR count). The van der Waals surface area contributed by atoms with E-state index >= 15 is 0 Å². The van der Waals surface area contributed by atoms with Crippen LogP contribution in [-0.2, 0) is 22.4 Å². The zero-order chi connectivity index (χ0) is 12.5. The minimum atomic E-state index is -1.01. The largest absolute Gasteiger partial charge is 0.478 e. The van der Waals surface area contributed by atoms with Gasteiger partial charge in [-0.05, 0) is 17.2 Å². The number of aromatic carboxylic acids is 1. The number of aromatic nitrogens is 3. The zero-order valence-corrected chi connectivity index (χ0v) is 11.1. The van der Waals surface area contributed by atoms with E-state index in [1.165, 1.54) is 0 Å². The van der Waals surface area contributed by atoms with Crippen LogP contribution in [0.1, 0.15) is 10.4 Å². The van der Waals surface area contributed by atoms with Gasteiger partial charge in [0.2, 0.25) is 0 Å². The van der Waals surface area contributed by atoms with Gasteiger partial charge in [-0.25, -0.2) is 4.79 Å². The van der Waals surface area contributed by atoms with Crippen LogP contribution in [0.25, 0.3) is 22.2 Å². The van der Waals surface area contributed by atoms with Crippen molar-refractivity contribution in [2.45, 2.75) is 0 Å². The van der Waals surface area contributed by atoms with Crippen LogP contribution in [0.3, 0.4) is 0 Å². The quantitative estimate of drug-likeness (QED) is 0.698. The molecule has 0 aliphatic carbocycles. The number of nitrogens with one attached hydrogen (secondary N) is 1. The van der Waals surface area contributed by atoms with Crippen LogP contribution < -0.4 is 0 Å². The second kappa shape index (κ2) is 5.36. The molecule has 6 heteroatoms. The minimum Gasteiger partial charge on any atom is -0.478 e. The van der Waals surface area contributed by atoms with Gasteiger partial charge in [0.25, 0.3) is 0 Å². The number of hydrogen-bond donors (Lipinski definition) is 2. The molecule has 0 spiro atoms. The Morgan fingerprint density at radius 1 is 1.05 bits per heavy atom. The second-order valence-electron chi connectivity index (χ2n) is 3.85. The molecular formula is C13H9AgN3O2. The Labute approximate surface area is 124 Å². The molecule has 99 valence electrons. The molecule has 1 radical (unpaired) electrons. The number of rotatable bonds is 2. The third kappa shape index (κ3) is 2.31. The maximum Gasteiger partial charge on any atom is 0.338 e. The van der Waals surface area contributed by atoms with Crippen molar-refractivity contribution in [2.24, 2.45) is 0 Å². The average molecular weight is 347 g/mol. The molecule has 0 amide bonds. The fourth-order valence-corrected chi connectivity index (χ4v) is 1.99. The standard InChI is InChI=1S/C13H9N3O2.Ag/c17-13(18)11-9(8-4-2-1-3-5-8)6-7-10-12(11)15-16-14-10;/h1-7H,(H,17,18)(H,14,15,16);. The van der Waals surface area contributed by atoms with Gasteiger partial charge in [0.15, 0.2) is 0 Å². The van der Waals surface area contributed by atoms with E-state index in [0.717, 1.165) is 5.56 Å². The molecule has 0 bridgehead atoms. The summed E-state index contributed by atoms with van der Waals surface area (Å²) in [5, 5.41) is 19.6. The number of hydrogen-bond acceptors (Lipinski definition) is 3. The van der Waals surface area contributed by atoms with E-state index in [9.17, 15) is 9.90 Å². The van der Waals surface area contributed by atoms with E-state index < -0.39 is 5.97 Å². The van der Waals surface area contributed by atoms with E-state index in [2.05, 4.69) is 15.4 Å². The maximum atomic E-state index is 11.4. The van der Waals surface area contributed by atoms with Crippen molar-refractivity contribution in [3.8, 4) is 11.1 Å². The Hall–Kier alpha value is -1.95. The van der Waals surface area contributed by atoms with E-state index in [1.807, 2.05) is 30.3 Å². The molecule has 0 fully saturated rings. The summed E-state index contributed by atoms with van der Waals surface area (Å²) < 4.78 is 0. The molecular weight excluding hydrogens is 338 g/mol. The normalized spacial score (nSPS) is 10.1. The molecule has 0 aliphatic heterocycles. The Morgan fingerprint density at radius 3 is 2.47 bits per heavy atom. The van der Waals surface area contributed by atoms with E-state index in [-0.39, 0.29) is 27.9 Å². The molecule has 3 aromatic rings. The van der Waals surface area contributed by atoms with Gasteiger partial charge in [-0.1, -0.05) is 36.4 Å². The summed E-state index contributed by atoms with van der Waals surface area (Å²) in [6.07, 6.45) is 0. The molecule has 0 unspecified atom stereocenters. The number of benzene rings is 2. The number of nitrogens with zero attached hydrogens (tertiary/aromatic N) is 2. The van der Waals surface area contributed by atoms with Crippen LogP contribution in [0.15, 0.2) is 42.5 Å². The van der Waals surface area contributed by atoms with Crippen LogP contribution in [0.4, 0.5) is 0 Å². The fourth-order valence-electron chi connectivity index (χ4n) is 1.99. The molecule has 19 heavy (non-hydrogen) atoms. The SMILES string of the molecule is O=C(O)c1c(-c2ccccc2)ccc2n[nH]nc12.[Ag]. The fraction of sp³-hybridized carbons (Fsp3) is 0. The van der Waals surface area contributed by atoms with Crippen LogP contribution in [-0.4, -0.2) is 26.5 Å². The van der Waals surface area contributed by atoms with Crippen LogP contribution in [0.2, 0.25) is 0 Å². The van der Waals surface area contributed by atoms with Gasteiger partial charge in [0.05, 0.1) is 5.56 Å². The molecule has 1 aromatic heterocycles. The van der Waals surface area contributed by atoms with Crippen molar-refractivity contribution in [3.05, 3.63) is 48.0 Å². The Morgan fingerprint density at radius 2 is 1.79 bits per heavy atom. The topological polar surface area (TPSA) is 78.9 Å².